The van der Waals surface area contributed by atoms with Gasteiger partial charge < -0.3 is 5.11 Å². The van der Waals surface area contributed by atoms with Crippen molar-refractivity contribution in [3.8, 4) is 0 Å². The summed E-state index contributed by atoms with van der Waals surface area (Å²) in [6.45, 7) is 3.67. The smallest absolute Gasteiger partial charge is 0.233 e. The van der Waals surface area contributed by atoms with Crippen LogP contribution in [0.4, 0.5) is 0 Å². The Balaban J connectivity index is 2.71. The molecule has 0 aliphatic rings. The molecule has 17 heavy (non-hydrogen) atoms. The molecule has 0 aliphatic carbocycles. The second kappa shape index (κ2) is 4.63. The van der Waals surface area contributed by atoms with Gasteiger partial charge in [-0.3, -0.25) is 9.36 Å². The largest absolute Gasteiger partial charge is 0.392 e. The second-order valence-electron chi connectivity index (χ2n) is 4.34. The number of benzene rings is 1. The topological polar surface area (TPSA) is 42.2 Å². The number of halogens is 1. The number of carbonyl (C=O) groups excluding carboxylic acids is 1. The Kier molecular flexibility index (Phi) is 3.35. The summed E-state index contributed by atoms with van der Waals surface area (Å²) in [5, 5.41) is 10.2. The Hall–Kier alpha value is -1.13. The molecule has 3 nitrogen and oxygen atoms in total. The molecule has 90 valence electrons. The third kappa shape index (κ3) is 2.15. The maximum absolute atomic E-state index is 12.1. The zero-order chi connectivity index (χ0) is 12.6. The third-order valence-electron chi connectivity index (χ3n) is 2.75. The zero-order valence-electron chi connectivity index (χ0n) is 9.77. The molecule has 0 saturated carbocycles. The van der Waals surface area contributed by atoms with Gasteiger partial charge in [0.05, 0.1) is 12.1 Å². The first-order chi connectivity index (χ1) is 8.04. The molecule has 0 fully saturated rings. The fourth-order valence-corrected chi connectivity index (χ4v) is 2.21. The Morgan fingerprint density at radius 1 is 1.47 bits per heavy atom. The second-order valence-corrected chi connectivity index (χ2v) is 5.25. The maximum atomic E-state index is 12.1. The van der Waals surface area contributed by atoms with Crippen LogP contribution in [0.1, 0.15) is 24.2 Å². The van der Waals surface area contributed by atoms with E-state index in [4.69, 9.17) is 0 Å². The minimum atomic E-state index is -0.0730. The van der Waals surface area contributed by atoms with Crippen molar-refractivity contribution in [3.63, 3.8) is 0 Å². The molecule has 0 radical (unpaired) electrons. The van der Waals surface area contributed by atoms with Crippen molar-refractivity contribution >= 4 is 32.7 Å². The lowest BCUT2D eigenvalue weighted by atomic mass is 10.2. The molecular formula is C13H14BrNO2. The number of hydrogen-bond acceptors (Lipinski definition) is 2. The first-order valence-corrected chi connectivity index (χ1v) is 6.28. The molecule has 1 heterocycles. The van der Waals surface area contributed by atoms with Gasteiger partial charge in [0, 0.05) is 27.5 Å². The summed E-state index contributed by atoms with van der Waals surface area (Å²) < 4.78 is 2.54. The molecule has 2 aromatic rings. The molecule has 0 bridgehead atoms. The van der Waals surface area contributed by atoms with Crippen LogP contribution in [0.25, 0.3) is 10.9 Å². The van der Waals surface area contributed by atoms with Gasteiger partial charge in [-0.25, -0.2) is 0 Å². The van der Waals surface area contributed by atoms with Crippen molar-refractivity contribution in [2.75, 3.05) is 0 Å². The van der Waals surface area contributed by atoms with Crippen molar-refractivity contribution < 1.29 is 9.90 Å². The lowest BCUT2D eigenvalue weighted by Gasteiger charge is -2.06. The van der Waals surface area contributed by atoms with E-state index in [0.29, 0.717) is 0 Å². The fourth-order valence-electron chi connectivity index (χ4n) is 1.86. The maximum Gasteiger partial charge on any atom is 0.233 e. The van der Waals surface area contributed by atoms with Crippen LogP contribution in [0.3, 0.4) is 0 Å². The Labute approximate surface area is 108 Å². The quantitative estimate of drug-likeness (QED) is 0.924. The van der Waals surface area contributed by atoms with E-state index in [2.05, 4.69) is 15.9 Å². The van der Waals surface area contributed by atoms with Crippen LogP contribution in [0.2, 0.25) is 0 Å². The summed E-state index contributed by atoms with van der Waals surface area (Å²) in [5.74, 6) is -0.0380. The molecular weight excluding hydrogens is 282 g/mol. The average Bonchev–Trinajstić information content (AvgIpc) is 2.65. The highest BCUT2D eigenvalue weighted by atomic mass is 79.9. The predicted octanol–water partition coefficient (Wildman–Crippen LogP) is 3.19. The fraction of sp³-hybridized carbons (Fsp3) is 0.308. The van der Waals surface area contributed by atoms with Crippen molar-refractivity contribution in [2.45, 2.75) is 20.5 Å². The van der Waals surface area contributed by atoms with Crippen LogP contribution in [-0.4, -0.2) is 15.6 Å². The molecule has 4 heteroatoms. The van der Waals surface area contributed by atoms with Gasteiger partial charge >= 0.3 is 0 Å². The normalized spacial score (nSPS) is 11.4. The first kappa shape index (κ1) is 12.3. The van der Waals surface area contributed by atoms with Gasteiger partial charge in [-0.05, 0) is 12.1 Å². The molecule has 0 unspecified atom stereocenters. The molecule has 1 aromatic carbocycles. The predicted molar refractivity (Wildman–Crippen MR) is 71.0 cm³/mol. The Morgan fingerprint density at radius 3 is 2.76 bits per heavy atom. The van der Waals surface area contributed by atoms with Gasteiger partial charge in [0.15, 0.2) is 0 Å². The lowest BCUT2D eigenvalue weighted by Crippen LogP contribution is -2.15. The van der Waals surface area contributed by atoms with Crippen LogP contribution in [0, 0.1) is 5.92 Å². The van der Waals surface area contributed by atoms with E-state index in [1.807, 2.05) is 32.0 Å². The van der Waals surface area contributed by atoms with Gasteiger partial charge in [-0.1, -0.05) is 35.8 Å². The minimum absolute atomic E-state index is 0.0350. The van der Waals surface area contributed by atoms with Crippen LogP contribution >= 0.6 is 15.9 Å². The van der Waals surface area contributed by atoms with E-state index in [0.717, 1.165) is 20.9 Å². The summed E-state index contributed by atoms with van der Waals surface area (Å²) in [7, 11) is 0. The number of hydrogen-bond donors (Lipinski definition) is 1. The number of rotatable bonds is 2. The van der Waals surface area contributed by atoms with E-state index < -0.39 is 0 Å². The Bertz CT molecular complexity index is 572. The average molecular weight is 296 g/mol. The van der Waals surface area contributed by atoms with Crippen LogP contribution in [0.15, 0.2) is 28.9 Å². The van der Waals surface area contributed by atoms with Gasteiger partial charge in [0.1, 0.15) is 0 Å². The van der Waals surface area contributed by atoms with E-state index >= 15 is 0 Å². The number of aliphatic hydroxyl groups is 1. The monoisotopic (exact) mass is 295 g/mol. The number of fused-ring (bicyclic) bond motifs is 1. The highest BCUT2D eigenvalue weighted by molar-refractivity contribution is 9.10. The summed E-state index contributed by atoms with van der Waals surface area (Å²) in [4.78, 5) is 12.1. The Morgan fingerprint density at radius 2 is 2.18 bits per heavy atom. The van der Waals surface area contributed by atoms with Crippen LogP contribution < -0.4 is 0 Å². The van der Waals surface area contributed by atoms with Gasteiger partial charge in [0.2, 0.25) is 5.91 Å². The van der Waals surface area contributed by atoms with E-state index in [1.54, 1.807) is 10.8 Å². The summed E-state index contributed by atoms with van der Waals surface area (Å²) in [6, 6.07) is 5.72. The summed E-state index contributed by atoms with van der Waals surface area (Å²) >= 11 is 3.40. The van der Waals surface area contributed by atoms with E-state index in [-0.39, 0.29) is 18.4 Å². The molecule has 1 aromatic heterocycles. The van der Waals surface area contributed by atoms with Gasteiger partial charge in [-0.2, -0.15) is 0 Å². The number of nitrogens with zero attached hydrogens (tertiary/aromatic N) is 1. The van der Waals surface area contributed by atoms with Crippen molar-refractivity contribution in [3.05, 3.63) is 34.4 Å². The molecule has 2 rings (SSSR count). The highest BCUT2D eigenvalue weighted by Gasteiger charge is 2.15. The molecule has 0 spiro atoms. The van der Waals surface area contributed by atoms with Crippen molar-refractivity contribution in [2.24, 2.45) is 5.92 Å². The number of aliphatic hydroxyl groups excluding tert-OH is 1. The van der Waals surface area contributed by atoms with Crippen molar-refractivity contribution in [1.82, 2.24) is 4.57 Å². The number of carbonyl (C=O) groups is 1. The summed E-state index contributed by atoms with van der Waals surface area (Å²) in [6.07, 6.45) is 1.72. The first-order valence-electron chi connectivity index (χ1n) is 5.49. The number of aromatic nitrogens is 1. The molecule has 1 N–H and O–H groups in total. The van der Waals surface area contributed by atoms with Gasteiger partial charge in [-0.15, -0.1) is 0 Å². The standard InChI is InChI=1S/C13H14BrNO2/c1-8(2)13(17)15-6-9(7-16)11-4-3-10(14)5-12(11)15/h3-6,8,16H,7H2,1-2H3. The van der Waals surface area contributed by atoms with Crippen molar-refractivity contribution in [1.29, 1.82) is 0 Å². The molecule has 0 aliphatic heterocycles. The SMILES string of the molecule is CC(C)C(=O)n1cc(CO)c2ccc(Br)cc21. The summed E-state index contributed by atoms with van der Waals surface area (Å²) in [5.41, 5.74) is 1.61. The van der Waals surface area contributed by atoms with Gasteiger partial charge in [0.25, 0.3) is 0 Å². The minimum Gasteiger partial charge on any atom is -0.392 e. The molecule has 0 atom stereocenters. The van der Waals surface area contributed by atoms with E-state index in [1.165, 1.54) is 0 Å². The highest BCUT2D eigenvalue weighted by Crippen LogP contribution is 2.25. The molecule has 0 amide bonds. The lowest BCUT2D eigenvalue weighted by molar-refractivity contribution is 0.0860. The third-order valence-corrected chi connectivity index (χ3v) is 3.25. The molecule has 0 saturated heterocycles. The van der Waals surface area contributed by atoms with Crippen LogP contribution in [0.5, 0.6) is 0 Å². The van der Waals surface area contributed by atoms with Crippen LogP contribution in [-0.2, 0) is 6.61 Å². The zero-order valence-corrected chi connectivity index (χ0v) is 11.4. The van der Waals surface area contributed by atoms with E-state index in [9.17, 15) is 9.90 Å².